The first kappa shape index (κ1) is 38.1. The van der Waals surface area contributed by atoms with E-state index >= 15 is 0 Å². The minimum absolute atomic E-state index is 0.192. The quantitative estimate of drug-likeness (QED) is 0.147. The van der Waals surface area contributed by atoms with Gasteiger partial charge in [0.15, 0.2) is 23.3 Å². The summed E-state index contributed by atoms with van der Waals surface area (Å²) in [6.45, 7) is 0. The topological polar surface area (TPSA) is 109 Å². The Morgan fingerprint density at radius 1 is 0.286 bits per heavy atom. The van der Waals surface area contributed by atoms with E-state index in [0.717, 1.165) is 88.3 Å². The summed E-state index contributed by atoms with van der Waals surface area (Å²) in [5.74, 6) is 3.09. The van der Waals surface area contributed by atoms with E-state index in [9.17, 15) is 0 Å². The van der Waals surface area contributed by atoms with Gasteiger partial charge in [0.05, 0.1) is 0 Å². The number of alkyl halides is 8. The summed E-state index contributed by atoms with van der Waals surface area (Å²) >= 11 is 52.9. The van der Waals surface area contributed by atoms with Crippen molar-refractivity contribution in [1.29, 1.82) is 0 Å². The number of benzene rings is 4. The first-order valence-electron chi connectivity index (χ1n) is 17.3. The summed E-state index contributed by atoms with van der Waals surface area (Å²) in [6.07, 6.45) is 0. The van der Waals surface area contributed by atoms with Crippen LogP contribution in [0.4, 0.5) is 0 Å². The first-order chi connectivity index (χ1) is 27.4. The number of halogens is 8. The zero-order valence-electron chi connectivity index (χ0n) is 29.0. The highest BCUT2D eigenvalue weighted by atomic mass is 35.5. The monoisotopic (exact) mass is 898 g/mol. The SMILES string of the molecule is ClCc1ccc(CCl)c2c1-c1nc-2nc2[nH]c(nc3nc(nc4[nH]c(n1)c1c(CCl)ccc(CCl)c41)-c1c(CCl)ccc(CCl)c1-3)c1c(CCl)ccc(CCl)c21. The van der Waals surface area contributed by atoms with Gasteiger partial charge >= 0.3 is 0 Å². The van der Waals surface area contributed by atoms with Crippen LogP contribution in [0.5, 0.6) is 0 Å². The molecule has 2 aliphatic heterocycles. The molecule has 8 nitrogen and oxygen atoms in total. The number of aromatic nitrogens is 8. The summed E-state index contributed by atoms with van der Waals surface area (Å²) in [6, 6.07) is 15.5. The molecule has 0 radical (unpaired) electrons. The number of fused-ring (bicyclic) bond motifs is 20. The Labute approximate surface area is 359 Å². The molecule has 0 spiro atoms. The van der Waals surface area contributed by atoms with Crippen molar-refractivity contribution in [3.8, 4) is 45.6 Å². The normalized spacial score (nSPS) is 12.1. The number of rotatable bonds is 8. The lowest BCUT2D eigenvalue weighted by atomic mass is 9.98. The maximum Gasteiger partial charge on any atom is 0.165 e. The molecule has 16 heteroatoms. The fourth-order valence-corrected chi connectivity index (χ4v) is 9.51. The van der Waals surface area contributed by atoms with Crippen LogP contribution in [0.1, 0.15) is 44.5 Å². The molecule has 9 rings (SSSR count). The van der Waals surface area contributed by atoms with E-state index in [0.29, 0.717) is 45.9 Å². The minimum Gasteiger partial charge on any atom is -0.324 e. The van der Waals surface area contributed by atoms with Gasteiger partial charge in [-0.05, 0) is 44.5 Å². The van der Waals surface area contributed by atoms with E-state index in [1.165, 1.54) is 0 Å². The molecular formula is C40H26Cl8N8. The zero-order valence-corrected chi connectivity index (χ0v) is 35.0. The zero-order chi connectivity index (χ0) is 38.8. The summed E-state index contributed by atoms with van der Waals surface area (Å²) in [7, 11) is 0. The van der Waals surface area contributed by atoms with Crippen LogP contribution in [0.15, 0.2) is 48.5 Å². The molecule has 0 saturated heterocycles. The third kappa shape index (κ3) is 5.94. The number of H-pyrrole nitrogens is 2. The van der Waals surface area contributed by atoms with E-state index in [1.54, 1.807) is 0 Å². The van der Waals surface area contributed by atoms with Gasteiger partial charge in [-0.1, -0.05) is 48.5 Å². The molecule has 0 fully saturated rings. The first-order valence-corrected chi connectivity index (χ1v) is 21.6. The largest absolute Gasteiger partial charge is 0.324 e. The van der Waals surface area contributed by atoms with Crippen LogP contribution in [0.25, 0.3) is 89.7 Å². The molecule has 0 saturated carbocycles. The number of hydrogen-bond acceptors (Lipinski definition) is 6. The molecule has 56 heavy (non-hydrogen) atoms. The molecule has 0 atom stereocenters. The standard InChI is InChI=1S/C40H26Cl8N8/c41-9-17-1-2-18(10-42)26-25(17)33-49-34(26)54-36-29-21(13-45)5-6-22(14-46)30(29)38(51-36)56-40-32-24(16-48)8-7-23(15-47)31(32)39(52-40)55-37-28-20(12-44)4-3-19(11-43)27(28)35(50-37)53-33/h1-8H,9-16H2,(H2,49,50,51,52,53,54,55,56). The predicted molar refractivity (Wildman–Crippen MR) is 233 cm³/mol. The predicted octanol–water partition coefficient (Wildman–Crippen LogP) is 12.8. The summed E-state index contributed by atoms with van der Waals surface area (Å²) < 4.78 is 0. The Bertz CT molecular complexity index is 2560. The average Bonchev–Trinajstić information content (AvgIpc) is 3.99. The van der Waals surface area contributed by atoms with Crippen molar-refractivity contribution in [1.82, 2.24) is 39.9 Å². The summed E-state index contributed by atoms with van der Waals surface area (Å²) in [5, 5.41) is 2.99. The van der Waals surface area contributed by atoms with Crippen molar-refractivity contribution in [3.63, 3.8) is 0 Å². The second kappa shape index (κ2) is 15.4. The maximum atomic E-state index is 6.61. The molecule has 7 aromatic rings. The molecule has 282 valence electrons. The Hall–Kier alpha value is -3.44. The van der Waals surface area contributed by atoms with Gasteiger partial charge in [-0.15, -0.1) is 92.8 Å². The van der Waals surface area contributed by atoms with E-state index < -0.39 is 0 Å². The lowest BCUT2D eigenvalue weighted by Gasteiger charge is -2.09. The summed E-state index contributed by atoms with van der Waals surface area (Å²) in [4.78, 5) is 38.1. The van der Waals surface area contributed by atoms with E-state index in [4.69, 9.17) is 123 Å². The van der Waals surface area contributed by atoms with Crippen LogP contribution in [0.2, 0.25) is 0 Å². The summed E-state index contributed by atoms with van der Waals surface area (Å²) in [5.41, 5.74) is 11.3. The molecule has 2 aliphatic rings. The van der Waals surface area contributed by atoms with E-state index in [-0.39, 0.29) is 47.0 Å². The average molecular weight is 902 g/mol. The van der Waals surface area contributed by atoms with Gasteiger partial charge in [0, 0.05) is 90.8 Å². The number of aromatic amines is 2. The Balaban J connectivity index is 1.58. The highest BCUT2D eigenvalue weighted by Crippen LogP contribution is 2.44. The molecular weight excluding hydrogens is 876 g/mol. The van der Waals surface area contributed by atoms with Gasteiger partial charge in [0.2, 0.25) is 0 Å². The second-order valence-corrected chi connectivity index (χ2v) is 15.4. The van der Waals surface area contributed by atoms with Gasteiger partial charge in [0.25, 0.3) is 0 Å². The fraction of sp³-hybridized carbons (Fsp3) is 0.200. The van der Waals surface area contributed by atoms with Crippen molar-refractivity contribution in [2.24, 2.45) is 0 Å². The fourth-order valence-electron chi connectivity index (χ4n) is 7.73. The lowest BCUT2D eigenvalue weighted by Crippen LogP contribution is -1.94. The minimum atomic E-state index is 0.192. The van der Waals surface area contributed by atoms with Crippen molar-refractivity contribution >= 4 is 137 Å². The lowest BCUT2D eigenvalue weighted by molar-refractivity contribution is 1.18. The van der Waals surface area contributed by atoms with Gasteiger partial charge < -0.3 is 9.97 Å². The van der Waals surface area contributed by atoms with Gasteiger partial charge in [0.1, 0.15) is 22.6 Å². The number of nitrogens with zero attached hydrogens (tertiary/aromatic N) is 6. The second-order valence-electron chi connectivity index (χ2n) is 13.2. The smallest absolute Gasteiger partial charge is 0.165 e. The highest BCUT2D eigenvalue weighted by molar-refractivity contribution is 6.23. The van der Waals surface area contributed by atoms with E-state index in [1.807, 2.05) is 48.5 Å². The van der Waals surface area contributed by atoms with Gasteiger partial charge in [-0.2, -0.15) is 0 Å². The van der Waals surface area contributed by atoms with Crippen LogP contribution in [0, 0.1) is 0 Å². The van der Waals surface area contributed by atoms with E-state index in [2.05, 4.69) is 9.97 Å². The third-order valence-corrected chi connectivity index (χ3v) is 12.6. The highest BCUT2D eigenvalue weighted by Gasteiger charge is 2.29. The third-order valence-electron chi connectivity index (χ3n) is 10.3. The van der Waals surface area contributed by atoms with Crippen LogP contribution in [-0.2, 0) is 47.0 Å². The molecule has 0 amide bonds. The Morgan fingerprint density at radius 3 is 0.679 bits per heavy atom. The maximum absolute atomic E-state index is 6.61. The van der Waals surface area contributed by atoms with Crippen LogP contribution >= 0.6 is 92.8 Å². The Morgan fingerprint density at radius 2 is 0.482 bits per heavy atom. The van der Waals surface area contributed by atoms with Gasteiger partial charge in [-0.3, -0.25) is 0 Å². The number of hydrogen-bond donors (Lipinski definition) is 2. The molecule has 4 aromatic carbocycles. The Kier molecular flexibility index (Phi) is 10.5. The van der Waals surface area contributed by atoms with Crippen molar-refractivity contribution in [2.45, 2.75) is 47.0 Å². The molecule has 8 bridgehead atoms. The number of nitrogens with one attached hydrogen (secondary N) is 2. The van der Waals surface area contributed by atoms with Gasteiger partial charge in [-0.25, -0.2) is 29.9 Å². The van der Waals surface area contributed by atoms with Crippen LogP contribution in [0.3, 0.4) is 0 Å². The molecule has 2 N–H and O–H groups in total. The van der Waals surface area contributed by atoms with Crippen LogP contribution in [-0.4, -0.2) is 39.9 Å². The molecule has 0 aliphatic carbocycles. The van der Waals surface area contributed by atoms with Crippen LogP contribution < -0.4 is 0 Å². The molecule has 3 aromatic heterocycles. The van der Waals surface area contributed by atoms with Crippen molar-refractivity contribution < 1.29 is 0 Å². The molecule has 0 unspecified atom stereocenters. The van der Waals surface area contributed by atoms with Crippen molar-refractivity contribution in [2.75, 3.05) is 0 Å². The van der Waals surface area contributed by atoms with Crippen molar-refractivity contribution in [3.05, 3.63) is 93.0 Å². The molecule has 5 heterocycles.